The zero-order valence-corrected chi connectivity index (χ0v) is 13.6. The van der Waals surface area contributed by atoms with Crippen LogP contribution >= 0.6 is 17.0 Å². The van der Waals surface area contributed by atoms with Gasteiger partial charge in [-0.05, 0) is 41.7 Å². The van der Waals surface area contributed by atoms with Crippen LogP contribution in [0.25, 0.3) is 0 Å². The van der Waals surface area contributed by atoms with E-state index in [0.29, 0.717) is 5.96 Å². The van der Waals surface area contributed by atoms with Gasteiger partial charge in [0, 0.05) is 5.69 Å². The van der Waals surface area contributed by atoms with Gasteiger partial charge in [-0.25, -0.2) is 0 Å². The molecular formula is C17H18BrN3. The van der Waals surface area contributed by atoms with Crippen molar-refractivity contribution in [3.05, 3.63) is 64.7 Å². The maximum absolute atomic E-state index is 6.16. The number of nitrogens with zero attached hydrogens (tertiary/aromatic N) is 2. The Morgan fingerprint density at radius 1 is 1.14 bits per heavy atom. The van der Waals surface area contributed by atoms with E-state index in [1.807, 2.05) is 0 Å². The Kier molecular flexibility index (Phi) is 3.49. The van der Waals surface area contributed by atoms with Crippen LogP contribution < -0.4 is 10.6 Å². The molecule has 0 radical (unpaired) electrons. The first kappa shape index (κ1) is 14.1. The van der Waals surface area contributed by atoms with Crippen LogP contribution in [0, 0.1) is 6.92 Å². The molecule has 0 saturated heterocycles. The van der Waals surface area contributed by atoms with Crippen LogP contribution in [-0.4, -0.2) is 12.5 Å². The van der Waals surface area contributed by atoms with Gasteiger partial charge in [0.1, 0.15) is 0 Å². The minimum Gasteiger partial charge on any atom is -0.369 e. The summed E-state index contributed by atoms with van der Waals surface area (Å²) in [5.41, 5.74) is 12.7. The lowest BCUT2D eigenvalue weighted by atomic mass is 9.97. The van der Waals surface area contributed by atoms with Crippen molar-refractivity contribution >= 4 is 28.6 Å². The maximum atomic E-state index is 6.16. The van der Waals surface area contributed by atoms with Crippen molar-refractivity contribution in [3.8, 4) is 0 Å². The number of guanidine groups is 1. The molecule has 2 aromatic rings. The van der Waals surface area contributed by atoms with Crippen LogP contribution in [0.4, 0.5) is 5.69 Å². The van der Waals surface area contributed by atoms with Gasteiger partial charge in [-0.2, -0.15) is 0 Å². The van der Waals surface area contributed by atoms with Crippen molar-refractivity contribution in [2.45, 2.75) is 19.4 Å². The molecule has 1 unspecified atom stereocenters. The third-order valence-corrected chi connectivity index (χ3v) is 4.28. The van der Waals surface area contributed by atoms with Crippen molar-refractivity contribution in [2.75, 3.05) is 11.4 Å². The fourth-order valence-electron chi connectivity index (χ4n) is 3.30. The predicted octanol–water partition coefficient (Wildman–Crippen LogP) is 3.35. The lowest BCUT2D eigenvalue weighted by Crippen LogP contribution is -2.36. The molecule has 0 amide bonds. The molecule has 0 saturated carbocycles. The molecule has 2 N–H and O–H groups in total. The third-order valence-electron chi connectivity index (χ3n) is 4.28. The van der Waals surface area contributed by atoms with Gasteiger partial charge < -0.3 is 10.6 Å². The summed E-state index contributed by atoms with van der Waals surface area (Å²) in [6.07, 6.45) is 0.964. The lowest BCUT2D eigenvalue weighted by molar-refractivity contribution is 0.768. The molecule has 2 aliphatic heterocycles. The van der Waals surface area contributed by atoms with E-state index >= 15 is 0 Å². The van der Waals surface area contributed by atoms with Gasteiger partial charge in [0.25, 0.3) is 0 Å². The second-order valence-corrected chi connectivity index (χ2v) is 5.59. The first-order chi connectivity index (χ1) is 9.74. The molecule has 2 aliphatic rings. The lowest BCUT2D eigenvalue weighted by Gasteiger charge is -2.26. The van der Waals surface area contributed by atoms with E-state index in [9.17, 15) is 0 Å². The molecule has 21 heavy (non-hydrogen) atoms. The highest BCUT2D eigenvalue weighted by Crippen LogP contribution is 2.39. The van der Waals surface area contributed by atoms with Crippen molar-refractivity contribution in [3.63, 3.8) is 0 Å². The Bertz CT molecular complexity index is 724. The van der Waals surface area contributed by atoms with Crippen molar-refractivity contribution in [2.24, 2.45) is 10.7 Å². The molecule has 0 fully saturated rings. The number of aliphatic imine (C=N–C) groups is 1. The van der Waals surface area contributed by atoms with E-state index < -0.39 is 0 Å². The Hall–Kier alpha value is -1.81. The summed E-state index contributed by atoms with van der Waals surface area (Å²) in [4.78, 5) is 6.67. The monoisotopic (exact) mass is 343 g/mol. The molecule has 2 aromatic carbocycles. The van der Waals surface area contributed by atoms with Crippen LogP contribution in [-0.2, 0) is 6.42 Å². The van der Waals surface area contributed by atoms with Crippen molar-refractivity contribution in [1.82, 2.24) is 0 Å². The van der Waals surface area contributed by atoms with Crippen LogP contribution in [0.15, 0.2) is 47.5 Å². The quantitative estimate of drug-likeness (QED) is 0.796. The second-order valence-electron chi connectivity index (χ2n) is 5.59. The topological polar surface area (TPSA) is 41.6 Å². The second kappa shape index (κ2) is 5.19. The number of hydrogen-bond acceptors (Lipinski definition) is 3. The third kappa shape index (κ3) is 2.14. The molecule has 1 atom stereocenters. The van der Waals surface area contributed by atoms with E-state index in [1.54, 1.807) is 0 Å². The fourth-order valence-corrected chi connectivity index (χ4v) is 3.30. The summed E-state index contributed by atoms with van der Waals surface area (Å²) in [5.74, 6) is 0.638. The SMILES string of the molecule is Br.Cc1ccc2c(c1)N1C(N)=NCC1c1ccccc1C2. The van der Waals surface area contributed by atoms with Gasteiger partial charge >= 0.3 is 0 Å². The first-order valence-electron chi connectivity index (χ1n) is 7.00. The summed E-state index contributed by atoms with van der Waals surface area (Å²) in [6.45, 7) is 2.87. The maximum Gasteiger partial charge on any atom is 0.196 e. The highest BCUT2D eigenvalue weighted by molar-refractivity contribution is 8.93. The summed E-state index contributed by atoms with van der Waals surface area (Å²) in [6, 6.07) is 15.5. The normalized spacial score (nSPS) is 18.8. The van der Waals surface area contributed by atoms with Crippen LogP contribution in [0.1, 0.15) is 28.3 Å². The minimum atomic E-state index is 0. The van der Waals surface area contributed by atoms with Crippen LogP contribution in [0.2, 0.25) is 0 Å². The zero-order valence-electron chi connectivity index (χ0n) is 11.9. The number of benzene rings is 2. The molecular weight excluding hydrogens is 326 g/mol. The van der Waals surface area contributed by atoms with E-state index in [1.165, 1.54) is 27.9 Å². The summed E-state index contributed by atoms with van der Waals surface area (Å²) in [5, 5.41) is 0. The highest BCUT2D eigenvalue weighted by atomic mass is 79.9. The molecule has 4 rings (SSSR count). The Labute approximate surface area is 135 Å². The van der Waals surface area contributed by atoms with Gasteiger partial charge in [-0.1, -0.05) is 36.4 Å². The molecule has 0 aliphatic carbocycles. The van der Waals surface area contributed by atoms with Crippen LogP contribution in [0.3, 0.4) is 0 Å². The van der Waals surface area contributed by atoms with Crippen molar-refractivity contribution in [1.29, 1.82) is 0 Å². The first-order valence-corrected chi connectivity index (χ1v) is 7.00. The van der Waals surface area contributed by atoms with Gasteiger partial charge in [-0.15, -0.1) is 17.0 Å². The van der Waals surface area contributed by atoms with E-state index in [4.69, 9.17) is 5.73 Å². The number of fused-ring (bicyclic) bond motifs is 5. The number of rotatable bonds is 0. The van der Waals surface area contributed by atoms with Gasteiger partial charge in [0.15, 0.2) is 5.96 Å². The highest BCUT2D eigenvalue weighted by Gasteiger charge is 2.33. The smallest absolute Gasteiger partial charge is 0.196 e. The van der Waals surface area contributed by atoms with Gasteiger partial charge in [-0.3, -0.25) is 4.99 Å². The standard InChI is InChI=1S/C17H17N3.BrH/c1-11-6-7-13-9-12-4-2-3-5-14(12)16-10-19-17(18)20(16)15(13)8-11;/h2-8,16H,9-10H2,1H3,(H2,18,19);1H. The minimum absolute atomic E-state index is 0. The Balaban J connectivity index is 0.00000132. The summed E-state index contributed by atoms with van der Waals surface area (Å²) < 4.78 is 0. The molecule has 3 nitrogen and oxygen atoms in total. The summed E-state index contributed by atoms with van der Waals surface area (Å²) in [7, 11) is 0. The number of halogens is 1. The summed E-state index contributed by atoms with van der Waals surface area (Å²) >= 11 is 0. The molecule has 4 heteroatoms. The zero-order chi connectivity index (χ0) is 13.7. The average Bonchev–Trinajstić information content (AvgIpc) is 2.76. The predicted molar refractivity (Wildman–Crippen MR) is 92.5 cm³/mol. The largest absolute Gasteiger partial charge is 0.369 e. The fraction of sp³-hybridized carbons (Fsp3) is 0.235. The molecule has 0 bridgehead atoms. The Morgan fingerprint density at radius 3 is 2.81 bits per heavy atom. The number of aryl methyl sites for hydroxylation is 1. The molecule has 2 heterocycles. The average molecular weight is 344 g/mol. The van der Waals surface area contributed by atoms with E-state index in [-0.39, 0.29) is 23.0 Å². The van der Waals surface area contributed by atoms with E-state index in [2.05, 4.69) is 59.3 Å². The number of nitrogens with two attached hydrogens (primary N) is 1. The van der Waals surface area contributed by atoms with E-state index in [0.717, 1.165) is 13.0 Å². The number of hydrogen-bond donors (Lipinski definition) is 1. The molecule has 0 spiro atoms. The van der Waals surface area contributed by atoms with Gasteiger partial charge in [0.2, 0.25) is 0 Å². The number of anilines is 1. The van der Waals surface area contributed by atoms with Crippen LogP contribution in [0.5, 0.6) is 0 Å². The molecule has 108 valence electrons. The Morgan fingerprint density at radius 2 is 1.95 bits per heavy atom. The van der Waals surface area contributed by atoms with Crippen molar-refractivity contribution < 1.29 is 0 Å². The molecule has 0 aromatic heterocycles. The van der Waals surface area contributed by atoms with Gasteiger partial charge in [0.05, 0.1) is 12.6 Å².